The Labute approximate surface area is 159 Å². The predicted molar refractivity (Wildman–Crippen MR) is 100 cm³/mol. The lowest BCUT2D eigenvalue weighted by molar-refractivity contribution is -0.307. The maximum Gasteiger partial charge on any atom is 0.191 e. The van der Waals surface area contributed by atoms with Crippen LogP contribution in [0.2, 0.25) is 10.0 Å². The van der Waals surface area contributed by atoms with Crippen LogP contribution in [0, 0.1) is 0 Å². The lowest BCUT2D eigenvalue weighted by Crippen LogP contribution is -2.29. The van der Waals surface area contributed by atoms with Crippen molar-refractivity contribution in [1.82, 2.24) is 5.43 Å². The highest BCUT2D eigenvalue weighted by atomic mass is 35.5. The number of ether oxygens (including phenoxy) is 1. The summed E-state index contributed by atoms with van der Waals surface area (Å²) in [5, 5.41) is 18.4. The van der Waals surface area contributed by atoms with Gasteiger partial charge in [-0.15, -0.1) is 0 Å². The summed E-state index contributed by atoms with van der Waals surface area (Å²) < 4.78 is 5.12. The van der Waals surface area contributed by atoms with Crippen molar-refractivity contribution in [2.75, 3.05) is 11.9 Å². The zero-order chi connectivity index (χ0) is 18.2. The number of thiocarbonyl (C=S) groups is 1. The second-order valence-corrected chi connectivity index (χ2v) is 5.87. The number of nitrogens with one attached hydrogen (secondary N) is 2. The Morgan fingerprint density at radius 3 is 2.72 bits per heavy atom. The molecule has 0 aliphatic heterocycles. The molecule has 0 aliphatic rings. The molecule has 0 aromatic heterocycles. The molecular weight excluding hydrogens is 385 g/mol. The van der Waals surface area contributed by atoms with Gasteiger partial charge in [0.1, 0.15) is 12.4 Å². The fourth-order valence-electron chi connectivity index (χ4n) is 1.75. The van der Waals surface area contributed by atoms with E-state index in [0.717, 1.165) is 0 Å². The fourth-order valence-corrected chi connectivity index (χ4v) is 2.22. The average molecular weight is 397 g/mol. The quantitative estimate of drug-likeness (QED) is 0.443. The smallest absolute Gasteiger partial charge is 0.191 e. The normalized spacial score (nSPS) is 10.5. The summed E-state index contributed by atoms with van der Waals surface area (Å²) in [7, 11) is 0. The van der Waals surface area contributed by atoms with Crippen molar-refractivity contribution in [3.63, 3.8) is 0 Å². The molecule has 0 atom stereocenters. The fraction of sp³-hybridized carbons (Fsp3) is 0.0625. The Balaban J connectivity index is 1.95. The Hall–Kier alpha value is -2.35. The van der Waals surface area contributed by atoms with Gasteiger partial charge in [-0.1, -0.05) is 35.3 Å². The van der Waals surface area contributed by atoms with Gasteiger partial charge in [-0.25, -0.2) is 0 Å². The predicted octanol–water partition coefficient (Wildman–Crippen LogP) is 2.44. The average Bonchev–Trinajstić information content (AvgIpc) is 2.57. The van der Waals surface area contributed by atoms with E-state index in [1.54, 1.807) is 42.5 Å². The van der Waals surface area contributed by atoms with Crippen LogP contribution in [0.1, 0.15) is 5.56 Å². The van der Waals surface area contributed by atoms with Crippen molar-refractivity contribution in [2.24, 2.45) is 5.10 Å². The molecular formula is C16H12Cl2N3O3S-. The van der Waals surface area contributed by atoms with Gasteiger partial charge in [-0.05, 0) is 42.5 Å². The summed E-state index contributed by atoms with van der Waals surface area (Å²) in [5.41, 5.74) is 3.87. The first-order valence-corrected chi connectivity index (χ1v) is 8.09. The number of nitrogens with zero attached hydrogens (tertiary/aromatic N) is 1. The molecule has 2 aromatic carbocycles. The van der Waals surface area contributed by atoms with Crippen molar-refractivity contribution < 1.29 is 14.6 Å². The van der Waals surface area contributed by atoms with Crippen molar-refractivity contribution >= 4 is 58.4 Å². The molecule has 2 N–H and O–H groups in total. The molecule has 0 amide bonds. The third-order valence-corrected chi connectivity index (χ3v) is 3.74. The van der Waals surface area contributed by atoms with Crippen LogP contribution in [0.15, 0.2) is 47.6 Å². The van der Waals surface area contributed by atoms with Gasteiger partial charge in [0.25, 0.3) is 0 Å². The van der Waals surface area contributed by atoms with Crippen molar-refractivity contribution in [2.45, 2.75) is 0 Å². The molecule has 0 spiro atoms. The van der Waals surface area contributed by atoms with Crippen LogP contribution in [-0.2, 0) is 4.79 Å². The number of hydrogen-bond donors (Lipinski definition) is 2. The monoisotopic (exact) mass is 396 g/mol. The first-order valence-electron chi connectivity index (χ1n) is 6.92. The lowest BCUT2D eigenvalue weighted by Gasteiger charge is -2.10. The number of carboxylic acids is 1. The van der Waals surface area contributed by atoms with Crippen LogP contribution in [0.25, 0.3) is 0 Å². The molecule has 130 valence electrons. The first kappa shape index (κ1) is 19.0. The Bertz CT molecular complexity index is 815. The summed E-state index contributed by atoms with van der Waals surface area (Å²) in [4.78, 5) is 10.5. The zero-order valence-corrected chi connectivity index (χ0v) is 15.0. The Morgan fingerprint density at radius 2 is 2.00 bits per heavy atom. The molecule has 0 heterocycles. The molecule has 0 saturated heterocycles. The Morgan fingerprint density at radius 1 is 1.24 bits per heavy atom. The van der Waals surface area contributed by atoms with Crippen LogP contribution in [0.4, 0.5) is 5.69 Å². The highest BCUT2D eigenvalue weighted by Gasteiger charge is 2.02. The lowest BCUT2D eigenvalue weighted by atomic mass is 10.2. The van der Waals surface area contributed by atoms with Gasteiger partial charge in [0.15, 0.2) is 5.11 Å². The van der Waals surface area contributed by atoms with Crippen molar-refractivity contribution in [3.8, 4) is 5.75 Å². The SMILES string of the molecule is O=C([O-])COc1ccccc1/C=N\NC(=S)Nc1ccc(Cl)c(Cl)c1. The van der Waals surface area contributed by atoms with Gasteiger partial charge in [-0.2, -0.15) is 5.10 Å². The van der Waals surface area contributed by atoms with Gasteiger partial charge in [0.2, 0.25) is 0 Å². The van der Waals surface area contributed by atoms with E-state index in [9.17, 15) is 9.90 Å². The van der Waals surface area contributed by atoms with Gasteiger partial charge >= 0.3 is 0 Å². The number of hydrazone groups is 1. The minimum Gasteiger partial charge on any atom is -0.546 e. The maximum atomic E-state index is 10.5. The van der Waals surface area contributed by atoms with Crippen LogP contribution >= 0.6 is 35.4 Å². The second kappa shape index (κ2) is 9.22. The number of benzene rings is 2. The topological polar surface area (TPSA) is 85.8 Å². The first-order chi connectivity index (χ1) is 12.0. The molecule has 0 radical (unpaired) electrons. The third-order valence-electron chi connectivity index (χ3n) is 2.81. The molecule has 25 heavy (non-hydrogen) atoms. The van der Waals surface area contributed by atoms with Gasteiger partial charge < -0.3 is 20.0 Å². The minimum absolute atomic E-state index is 0.239. The van der Waals surface area contributed by atoms with Gasteiger partial charge in [-0.3, -0.25) is 5.43 Å². The van der Waals surface area contributed by atoms with E-state index in [-0.39, 0.29) is 5.11 Å². The summed E-state index contributed by atoms with van der Waals surface area (Å²) >= 11 is 16.9. The number of hydrogen-bond acceptors (Lipinski definition) is 5. The molecule has 0 saturated carbocycles. The molecule has 0 bridgehead atoms. The number of anilines is 1. The highest BCUT2D eigenvalue weighted by molar-refractivity contribution is 7.80. The van der Waals surface area contributed by atoms with E-state index in [1.165, 1.54) is 6.21 Å². The maximum absolute atomic E-state index is 10.5. The molecule has 0 aliphatic carbocycles. The van der Waals surface area contributed by atoms with Crippen LogP contribution in [0.3, 0.4) is 0 Å². The van der Waals surface area contributed by atoms with E-state index in [4.69, 9.17) is 40.2 Å². The van der Waals surface area contributed by atoms with E-state index >= 15 is 0 Å². The molecule has 0 fully saturated rings. The van der Waals surface area contributed by atoms with E-state index in [2.05, 4.69) is 15.8 Å². The summed E-state index contributed by atoms with van der Waals surface area (Å²) in [6.45, 7) is -0.546. The van der Waals surface area contributed by atoms with Gasteiger partial charge in [0.05, 0.1) is 22.2 Å². The van der Waals surface area contributed by atoms with Crippen LogP contribution in [0.5, 0.6) is 5.75 Å². The van der Waals surface area contributed by atoms with Crippen LogP contribution < -0.4 is 20.6 Å². The third kappa shape index (κ3) is 6.22. The summed E-state index contributed by atoms with van der Waals surface area (Å²) in [5.74, 6) is -0.947. The standard InChI is InChI=1S/C16H13Cl2N3O3S/c17-12-6-5-11(7-13(12)18)20-16(25)21-19-8-10-3-1-2-4-14(10)24-9-15(22)23/h1-8H,9H2,(H,22,23)(H2,20,21,25)/p-1/b19-8-. The Kier molecular flexibility index (Phi) is 7.00. The molecule has 6 nitrogen and oxygen atoms in total. The van der Waals surface area contributed by atoms with Crippen molar-refractivity contribution in [1.29, 1.82) is 0 Å². The van der Waals surface area contributed by atoms with Gasteiger partial charge in [0, 0.05) is 11.3 Å². The molecule has 2 rings (SSSR count). The molecule has 2 aromatic rings. The summed E-state index contributed by atoms with van der Waals surface area (Å²) in [6.07, 6.45) is 1.45. The molecule has 0 unspecified atom stereocenters. The van der Waals surface area contributed by atoms with Crippen LogP contribution in [-0.4, -0.2) is 23.9 Å². The molecule has 9 heteroatoms. The number of carbonyl (C=O) groups is 1. The van der Waals surface area contributed by atoms with E-state index < -0.39 is 12.6 Å². The zero-order valence-electron chi connectivity index (χ0n) is 12.7. The largest absolute Gasteiger partial charge is 0.546 e. The number of carboxylic acid groups (broad SMARTS) is 1. The minimum atomic E-state index is -1.31. The highest BCUT2D eigenvalue weighted by Crippen LogP contribution is 2.24. The summed E-state index contributed by atoms with van der Waals surface area (Å²) in [6, 6.07) is 11.8. The van der Waals surface area contributed by atoms with E-state index in [1.807, 2.05) is 0 Å². The second-order valence-electron chi connectivity index (χ2n) is 4.65. The number of halogens is 2. The number of rotatable bonds is 6. The van der Waals surface area contributed by atoms with Crippen molar-refractivity contribution in [3.05, 3.63) is 58.1 Å². The number of carbonyl (C=O) groups excluding carboxylic acids is 1. The number of aliphatic carboxylic acids is 1. The number of para-hydroxylation sites is 1. The van der Waals surface area contributed by atoms with E-state index in [0.29, 0.717) is 27.0 Å².